The number of carbonyl (C=O) groups excluding carboxylic acids is 1. The topological polar surface area (TPSA) is 73.1 Å². The molecule has 146 valence electrons. The number of H-pyrrole nitrogens is 1. The molecule has 3 N–H and O–H groups in total. The summed E-state index contributed by atoms with van der Waals surface area (Å²) in [6.45, 7) is 4.72. The molecule has 0 saturated carbocycles. The minimum absolute atomic E-state index is 0. The third-order valence-corrected chi connectivity index (χ3v) is 4.02. The van der Waals surface area contributed by atoms with Crippen molar-refractivity contribution in [1.82, 2.24) is 20.2 Å². The molecule has 1 aromatic carbocycles. The number of halogens is 5. The minimum Gasteiger partial charge on any atom is -0.334 e. The van der Waals surface area contributed by atoms with Gasteiger partial charge in [0.25, 0.3) is 0 Å². The largest absolute Gasteiger partial charge is 0.449 e. The molecule has 1 aliphatic rings. The molecule has 6 nitrogen and oxygen atoms in total. The molecule has 1 saturated heterocycles. The predicted molar refractivity (Wildman–Crippen MR) is 98.1 cm³/mol. The quantitative estimate of drug-likeness (QED) is 0.722. The van der Waals surface area contributed by atoms with Gasteiger partial charge in [0.2, 0.25) is 11.7 Å². The summed E-state index contributed by atoms with van der Waals surface area (Å²) in [4.78, 5) is 19.9. The van der Waals surface area contributed by atoms with Crippen LogP contribution in [0.5, 0.6) is 0 Å². The number of alkyl halides is 3. The number of rotatable bonds is 3. The van der Waals surface area contributed by atoms with Crippen LogP contribution in [-0.2, 0) is 11.0 Å². The maximum absolute atomic E-state index is 12.7. The molecule has 0 unspecified atom stereocenters. The number of aromatic nitrogens is 2. The van der Waals surface area contributed by atoms with Gasteiger partial charge in [-0.1, -0.05) is 0 Å². The Balaban J connectivity index is 0.00000169. The number of amides is 1. The van der Waals surface area contributed by atoms with Gasteiger partial charge in [0.05, 0.1) is 17.6 Å². The van der Waals surface area contributed by atoms with Crippen LogP contribution in [0.3, 0.4) is 0 Å². The van der Waals surface area contributed by atoms with Crippen LogP contribution in [0.1, 0.15) is 12.7 Å². The lowest BCUT2D eigenvalue weighted by Crippen LogP contribution is -2.51. The highest BCUT2D eigenvalue weighted by Crippen LogP contribution is 2.29. The number of anilines is 1. The molecule has 0 bridgehead atoms. The second kappa shape index (κ2) is 8.90. The zero-order valence-electron chi connectivity index (χ0n) is 13.9. The van der Waals surface area contributed by atoms with E-state index in [4.69, 9.17) is 0 Å². The second-order valence-corrected chi connectivity index (χ2v) is 5.89. The predicted octanol–water partition coefficient (Wildman–Crippen LogP) is 2.66. The highest BCUT2D eigenvalue weighted by molar-refractivity contribution is 5.94. The molecule has 2 aromatic rings. The van der Waals surface area contributed by atoms with Gasteiger partial charge in [-0.25, -0.2) is 4.98 Å². The standard InChI is InChI=1S/C15H18F3N5O.2ClH/c1-9-7-19-4-5-23(9)8-13(24)20-10-2-3-11-12(6-10)22-14(21-11)15(16,17)18;;/h2-3,6,9,19H,4-5,7-8H2,1H3,(H,20,24)(H,21,22);2*1H/t9-;;/m0../s1. The van der Waals surface area contributed by atoms with E-state index in [1.54, 1.807) is 6.07 Å². The van der Waals surface area contributed by atoms with Gasteiger partial charge < -0.3 is 15.6 Å². The molecule has 26 heavy (non-hydrogen) atoms. The van der Waals surface area contributed by atoms with E-state index in [1.165, 1.54) is 12.1 Å². The number of nitrogens with zero attached hydrogens (tertiary/aromatic N) is 2. The highest BCUT2D eigenvalue weighted by atomic mass is 35.5. The Morgan fingerprint density at radius 3 is 2.77 bits per heavy atom. The summed E-state index contributed by atoms with van der Waals surface area (Å²) in [6, 6.07) is 4.71. The van der Waals surface area contributed by atoms with E-state index < -0.39 is 12.0 Å². The molecular weight excluding hydrogens is 394 g/mol. The lowest BCUT2D eigenvalue weighted by Gasteiger charge is -2.33. The molecular formula is C15H20Cl2F3N5O. The van der Waals surface area contributed by atoms with E-state index in [-0.39, 0.29) is 54.3 Å². The number of nitrogens with one attached hydrogen (secondary N) is 3. The molecule has 1 amide bonds. The average molecular weight is 414 g/mol. The highest BCUT2D eigenvalue weighted by Gasteiger charge is 2.34. The number of hydrogen-bond donors (Lipinski definition) is 3. The van der Waals surface area contributed by atoms with E-state index in [1.807, 2.05) is 6.92 Å². The molecule has 2 heterocycles. The average Bonchev–Trinajstić information content (AvgIpc) is 2.93. The van der Waals surface area contributed by atoms with Gasteiger partial charge >= 0.3 is 6.18 Å². The summed E-state index contributed by atoms with van der Waals surface area (Å²) >= 11 is 0. The number of hydrogen-bond acceptors (Lipinski definition) is 4. The number of imidazole rings is 1. The zero-order valence-corrected chi connectivity index (χ0v) is 15.5. The number of benzene rings is 1. The van der Waals surface area contributed by atoms with E-state index >= 15 is 0 Å². The second-order valence-electron chi connectivity index (χ2n) is 5.89. The SMILES string of the molecule is C[C@H]1CNCCN1CC(=O)Nc1ccc2nc(C(F)(F)F)[nH]c2c1.Cl.Cl. The van der Waals surface area contributed by atoms with Crippen molar-refractivity contribution in [3.8, 4) is 0 Å². The van der Waals surface area contributed by atoms with Crippen LogP contribution in [0.15, 0.2) is 18.2 Å². The van der Waals surface area contributed by atoms with Crippen LogP contribution in [-0.4, -0.2) is 53.0 Å². The van der Waals surface area contributed by atoms with Crippen molar-refractivity contribution < 1.29 is 18.0 Å². The van der Waals surface area contributed by atoms with Gasteiger partial charge in [-0.3, -0.25) is 9.69 Å². The minimum atomic E-state index is -4.53. The Kier molecular flexibility index (Phi) is 7.70. The molecule has 3 rings (SSSR count). The van der Waals surface area contributed by atoms with Gasteiger partial charge in [-0.2, -0.15) is 13.2 Å². The summed E-state index contributed by atoms with van der Waals surface area (Å²) in [6.07, 6.45) is -4.53. The van der Waals surface area contributed by atoms with Crippen LogP contribution < -0.4 is 10.6 Å². The Morgan fingerprint density at radius 2 is 2.12 bits per heavy atom. The maximum atomic E-state index is 12.7. The Hall–Kier alpha value is -1.55. The van der Waals surface area contributed by atoms with Crippen molar-refractivity contribution in [2.24, 2.45) is 0 Å². The first-order valence-corrected chi connectivity index (χ1v) is 7.64. The molecule has 0 spiro atoms. The van der Waals surface area contributed by atoms with Crippen molar-refractivity contribution >= 4 is 47.4 Å². The van der Waals surface area contributed by atoms with Gasteiger partial charge in [-0.05, 0) is 25.1 Å². The van der Waals surface area contributed by atoms with Crippen molar-refractivity contribution in [1.29, 1.82) is 0 Å². The monoisotopic (exact) mass is 413 g/mol. The van der Waals surface area contributed by atoms with Gasteiger partial charge in [-0.15, -0.1) is 24.8 Å². The van der Waals surface area contributed by atoms with Crippen molar-refractivity contribution in [2.45, 2.75) is 19.1 Å². The summed E-state index contributed by atoms with van der Waals surface area (Å²) in [5.74, 6) is -1.24. The third-order valence-electron chi connectivity index (χ3n) is 4.02. The molecule has 1 aromatic heterocycles. The molecule has 0 aliphatic carbocycles. The van der Waals surface area contributed by atoms with Crippen molar-refractivity contribution in [3.63, 3.8) is 0 Å². The van der Waals surface area contributed by atoms with Crippen molar-refractivity contribution in [3.05, 3.63) is 24.0 Å². The number of carbonyl (C=O) groups is 1. The van der Waals surface area contributed by atoms with Gasteiger partial charge in [0.15, 0.2) is 0 Å². The first-order valence-electron chi connectivity index (χ1n) is 7.64. The molecule has 1 aliphatic heterocycles. The molecule has 11 heteroatoms. The normalized spacial score (nSPS) is 18.1. The van der Waals surface area contributed by atoms with Crippen LogP contribution in [0.25, 0.3) is 11.0 Å². The molecule has 1 atom stereocenters. The van der Waals surface area contributed by atoms with Gasteiger partial charge in [0.1, 0.15) is 0 Å². The Bertz CT molecular complexity index is 752. The zero-order chi connectivity index (χ0) is 17.3. The van der Waals surface area contributed by atoms with Crippen LogP contribution >= 0.6 is 24.8 Å². The molecule has 0 radical (unpaired) electrons. The first-order chi connectivity index (χ1) is 11.3. The van der Waals surface area contributed by atoms with Crippen LogP contribution in [0.2, 0.25) is 0 Å². The van der Waals surface area contributed by atoms with E-state index in [0.29, 0.717) is 5.69 Å². The van der Waals surface area contributed by atoms with Crippen LogP contribution in [0, 0.1) is 0 Å². The summed E-state index contributed by atoms with van der Waals surface area (Å²) < 4.78 is 38.0. The molecule has 1 fully saturated rings. The maximum Gasteiger partial charge on any atom is 0.449 e. The number of fused-ring (bicyclic) bond motifs is 1. The van der Waals surface area contributed by atoms with Crippen molar-refractivity contribution in [2.75, 3.05) is 31.5 Å². The Morgan fingerprint density at radius 1 is 1.38 bits per heavy atom. The lowest BCUT2D eigenvalue weighted by atomic mass is 10.2. The van der Waals surface area contributed by atoms with E-state index in [2.05, 4.69) is 25.5 Å². The van der Waals surface area contributed by atoms with Gasteiger partial charge in [0, 0.05) is 31.4 Å². The smallest absolute Gasteiger partial charge is 0.334 e. The first kappa shape index (κ1) is 22.5. The fourth-order valence-corrected chi connectivity index (χ4v) is 2.72. The number of piperazine rings is 1. The number of aromatic amines is 1. The summed E-state index contributed by atoms with van der Waals surface area (Å²) in [5, 5.41) is 5.97. The lowest BCUT2D eigenvalue weighted by molar-refractivity contribution is -0.144. The van der Waals surface area contributed by atoms with E-state index in [0.717, 1.165) is 19.6 Å². The van der Waals surface area contributed by atoms with E-state index in [9.17, 15) is 18.0 Å². The van der Waals surface area contributed by atoms with Crippen LogP contribution in [0.4, 0.5) is 18.9 Å². The summed E-state index contributed by atoms with van der Waals surface area (Å²) in [5.41, 5.74) is 0.874. The Labute approximate surface area is 160 Å². The summed E-state index contributed by atoms with van der Waals surface area (Å²) in [7, 11) is 0. The fraction of sp³-hybridized carbons (Fsp3) is 0.467. The third kappa shape index (κ3) is 5.23. The fourth-order valence-electron chi connectivity index (χ4n) is 2.72.